The van der Waals surface area contributed by atoms with Gasteiger partial charge in [-0.2, -0.15) is 0 Å². The summed E-state index contributed by atoms with van der Waals surface area (Å²) in [5, 5.41) is 3.90. The van der Waals surface area contributed by atoms with Gasteiger partial charge in [-0.15, -0.1) is 0 Å². The topological polar surface area (TPSA) is 61.3 Å². The van der Waals surface area contributed by atoms with Gasteiger partial charge in [0.15, 0.2) is 0 Å². The Kier molecular flexibility index (Phi) is 2.28. The SMILES string of the molecule is CC1CCc2ccc(-c3cc(N)on3)cc2O1. The number of aromatic nitrogens is 1. The summed E-state index contributed by atoms with van der Waals surface area (Å²) >= 11 is 0. The standard InChI is InChI=1S/C13H14N2O2/c1-8-2-3-9-4-5-10(6-12(9)16-8)11-7-13(14)17-15-11/h4-8H,2-3,14H2,1H3. The van der Waals surface area contributed by atoms with Crippen LogP contribution in [0.2, 0.25) is 0 Å². The maximum absolute atomic E-state index is 5.81. The number of fused-ring (bicyclic) bond motifs is 1. The van der Waals surface area contributed by atoms with E-state index in [-0.39, 0.29) is 6.10 Å². The molecule has 88 valence electrons. The molecule has 0 amide bonds. The summed E-state index contributed by atoms with van der Waals surface area (Å²) in [6.45, 7) is 2.09. The van der Waals surface area contributed by atoms with Crippen molar-refractivity contribution in [1.82, 2.24) is 5.16 Å². The van der Waals surface area contributed by atoms with Crippen molar-refractivity contribution in [2.45, 2.75) is 25.9 Å². The van der Waals surface area contributed by atoms with Crippen LogP contribution in [0, 0.1) is 0 Å². The van der Waals surface area contributed by atoms with E-state index in [0.29, 0.717) is 5.88 Å². The Morgan fingerprint density at radius 3 is 3.00 bits per heavy atom. The summed E-state index contributed by atoms with van der Waals surface area (Å²) in [7, 11) is 0. The third kappa shape index (κ3) is 1.86. The Labute approximate surface area is 99.4 Å². The normalized spacial score (nSPS) is 18.5. The summed E-state index contributed by atoms with van der Waals surface area (Å²) in [6.07, 6.45) is 2.42. The molecule has 0 saturated carbocycles. The Morgan fingerprint density at radius 1 is 1.35 bits per heavy atom. The maximum Gasteiger partial charge on any atom is 0.222 e. The minimum absolute atomic E-state index is 0.278. The fourth-order valence-electron chi connectivity index (χ4n) is 2.09. The number of nitrogen functional groups attached to an aromatic ring is 1. The second-order valence-electron chi connectivity index (χ2n) is 4.40. The van der Waals surface area contributed by atoms with Gasteiger partial charge >= 0.3 is 0 Å². The zero-order valence-corrected chi connectivity index (χ0v) is 9.64. The number of hydrogen-bond acceptors (Lipinski definition) is 4. The predicted molar refractivity (Wildman–Crippen MR) is 64.8 cm³/mol. The van der Waals surface area contributed by atoms with E-state index in [1.165, 1.54) is 5.56 Å². The van der Waals surface area contributed by atoms with Gasteiger partial charge in [-0.3, -0.25) is 0 Å². The second kappa shape index (κ2) is 3.80. The van der Waals surface area contributed by atoms with E-state index in [9.17, 15) is 0 Å². The largest absolute Gasteiger partial charge is 0.490 e. The highest BCUT2D eigenvalue weighted by atomic mass is 16.5. The highest BCUT2D eigenvalue weighted by molar-refractivity contribution is 5.64. The highest BCUT2D eigenvalue weighted by Gasteiger charge is 2.17. The Morgan fingerprint density at radius 2 is 2.24 bits per heavy atom. The first kappa shape index (κ1) is 10.2. The van der Waals surface area contributed by atoms with Gasteiger partial charge in [0, 0.05) is 11.6 Å². The summed E-state index contributed by atoms with van der Waals surface area (Å²) in [5.74, 6) is 1.27. The zero-order chi connectivity index (χ0) is 11.8. The van der Waals surface area contributed by atoms with Crippen molar-refractivity contribution in [1.29, 1.82) is 0 Å². The lowest BCUT2D eigenvalue weighted by Crippen LogP contribution is -2.18. The van der Waals surface area contributed by atoms with Crippen LogP contribution in [0.1, 0.15) is 18.9 Å². The molecule has 0 bridgehead atoms. The van der Waals surface area contributed by atoms with Gasteiger partial charge in [0.2, 0.25) is 5.88 Å². The first-order valence-corrected chi connectivity index (χ1v) is 5.74. The number of aryl methyl sites for hydroxylation is 1. The molecule has 1 aromatic heterocycles. The van der Waals surface area contributed by atoms with Crippen molar-refractivity contribution < 1.29 is 9.26 Å². The second-order valence-corrected chi connectivity index (χ2v) is 4.40. The van der Waals surface area contributed by atoms with Crippen LogP contribution >= 0.6 is 0 Å². The molecule has 0 spiro atoms. The molecular formula is C13H14N2O2. The van der Waals surface area contributed by atoms with E-state index in [0.717, 1.165) is 29.8 Å². The lowest BCUT2D eigenvalue weighted by atomic mass is 10.0. The van der Waals surface area contributed by atoms with Crippen molar-refractivity contribution in [3.63, 3.8) is 0 Å². The molecule has 1 aliphatic rings. The van der Waals surface area contributed by atoms with Crippen LogP contribution in [0.25, 0.3) is 11.3 Å². The molecule has 1 aromatic carbocycles. The van der Waals surface area contributed by atoms with E-state index in [4.69, 9.17) is 15.0 Å². The summed E-state index contributed by atoms with van der Waals surface area (Å²) in [6, 6.07) is 7.83. The van der Waals surface area contributed by atoms with Crippen LogP contribution in [0.3, 0.4) is 0 Å². The molecule has 0 fully saturated rings. The molecule has 0 aliphatic carbocycles. The summed E-state index contributed by atoms with van der Waals surface area (Å²) < 4.78 is 10.7. The molecule has 2 N–H and O–H groups in total. The Bertz CT molecular complexity index is 548. The fraction of sp³-hybridized carbons (Fsp3) is 0.308. The monoisotopic (exact) mass is 230 g/mol. The van der Waals surface area contributed by atoms with Crippen molar-refractivity contribution >= 4 is 5.88 Å². The molecule has 0 radical (unpaired) electrons. The zero-order valence-electron chi connectivity index (χ0n) is 9.64. The predicted octanol–water partition coefficient (Wildman–Crippen LogP) is 2.64. The molecule has 1 atom stereocenters. The van der Waals surface area contributed by atoms with Gasteiger partial charge < -0.3 is 15.0 Å². The third-order valence-electron chi connectivity index (χ3n) is 3.04. The van der Waals surface area contributed by atoms with Crippen LogP contribution in [0.15, 0.2) is 28.8 Å². The van der Waals surface area contributed by atoms with E-state index in [1.54, 1.807) is 6.07 Å². The first-order chi connectivity index (χ1) is 8.22. The number of nitrogens with zero attached hydrogens (tertiary/aromatic N) is 1. The number of anilines is 1. The van der Waals surface area contributed by atoms with Gasteiger partial charge in [0.25, 0.3) is 0 Å². The Balaban J connectivity index is 2.00. The molecule has 3 rings (SSSR count). The van der Waals surface area contributed by atoms with E-state index >= 15 is 0 Å². The van der Waals surface area contributed by atoms with Crippen LogP contribution in [-0.4, -0.2) is 11.3 Å². The van der Waals surface area contributed by atoms with Crippen LogP contribution < -0.4 is 10.5 Å². The molecule has 2 heterocycles. The number of ether oxygens (including phenoxy) is 1. The third-order valence-corrected chi connectivity index (χ3v) is 3.04. The first-order valence-electron chi connectivity index (χ1n) is 5.74. The number of nitrogens with two attached hydrogens (primary N) is 1. The van der Waals surface area contributed by atoms with Crippen molar-refractivity contribution in [3.05, 3.63) is 29.8 Å². The maximum atomic E-state index is 5.81. The molecule has 1 aliphatic heterocycles. The molecule has 2 aromatic rings. The Hall–Kier alpha value is -1.97. The van der Waals surface area contributed by atoms with Crippen molar-refractivity contribution in [2.75, 3.05) is 5.73 Å². The minimum atomic E-state index is 0.278. The van der Waals surface area contributed by atoms with Gasteiger partial charge in [-0.05, 0) is 31.4 Å². The van der Waals surface area contributed by atoms with E-state index in [2.05, 4.69) is 18.1 Å². The summed E-state index contributed by atoms with van der Waals surface area (Å²) in [4.78, 5) is 0. The van der Waals surface area contributed by atoms with Gasteiger partial charge in [0.05, 0.1) is 6.10 Å². The number of hydrogen-bond donors (Lipinski definition) is 1. The fourth-order valence-corrected chi connectivity index (χ4v) is 2.09. The van der Waals surface area contributed by atoms with Crippen LogP contribution in [0.5, 0.6) is 5.75 Å². The number of benzene rings is 1. The average Bonchev–Trinajstić information content (AvgIpc) is 2.75. The molecule has 17 heavy (non-hydrogen) atoms. The molecule has 4 heteroatoms. The lowest BCUT2D eigenvalue weighted by molar-refractivity contribution is 0.192. The smallest absolute Gasteiger partial charge is 0.222 e. The molecular weight excluding hydrogens is 216 g/mol. The van der Waals surface area contributed by atoms with Crippen LogP contribution in [0.4, 0.5) is 5.88 Å². The van der Waals surface area contributed by atoms with E-state index in [1.807, 2.05) is 12.1 Å². The molecule has 1 unspecified atom stereocenters. The molecule has 0 saturated heterocycles. The van der Waals surface area contributed by atoms with Gasteiger partial charge in [0.1, 0.15) is 11.4 Å². The van der Waals surface area contributed by atoms with Crippen molar-refractivity contribution in [3.8, 4) is 17.0 Å². The lowest BCUT2D eigenvalue weighted by Gasteiger charge is -2.23. The van der Waals surface area contributed by atoms with Gasteiger partial charge in [-0.25, -0.2) is 0 Å². The average molecular weight is 230 g/mol. The molecule has 4 nitrogen and oxygen atoms in total. The highest BCUT2D eigenvalue weighted by Crippen LogP contribution is 2.32. The summed E-state index contributed by atoms with van der Waals surface area (Å²) in [5.41, 5.74) is 8.48. The quantitative estimate of drug-likeness (QED) is 0.818. The van der Waals surface area contributed by atoms with Crippen LogP contribution in [-0.2, 0) is 6.42 Å². The van der Waals surface area contributed by atoms with Gasteiger partial charge in [-0.1, -0.05) is 17.3 Å². The van der Waals surface area contributed by atoms with Crippen molar-refractivity contribution in [2.24, 2.45) is 0 Å². The van der Waals surface area contributed by atoms with E-state index < -0.39 is 0 Å². The number of rotatable bonds is 1. The minimum Gasteiger partial charge on any atom is -0.490 e.